The predicted octanol–water partition coefficient (Wildman–Crippen LogP) is 1.78. The summed E-state index contributed by atoms with van der Waals surface area (Å²) in [7, 11) is 1.41. The highest BCUT2D eigenvalue weighted by molar-refractivity contribution is 5.85. The number of carbonyl (C=O) groups is 1. The Morgan fingerprint density at radius 2 is 2.22 bits per heavy atom. The molecule has 3 N–H and O–H groups in total. The number of carbonyl (C=O) groups excluding carboxylic acids is 1. The first-order valence-electron chi connectivity index (χ1n) is 5.41. The summed E-state index contributed by atoms with van der Waals surface area (Å²) in [6.45, 7) is 2.09. The van der Waals surface area contributed by atoms with Gasteiger partial charge in [0.1, 0.15) is 0 Å². The van der Waals surface area contributed by atoms with Crippen LogP contribution in [0, 0.1) is 5.82 Å². The third kappa shape index (κ3) is 4.50. The van der Waals surface area contributed by atoms with E-state index in [0.29, 0.717) is 12.1 Å². The number of nitrogens with two attached hydrogens (primary N) is 1. The van der Waals surface area contributed by atoms with Crippen molar-refractivity contribution in [3.8, 4) is 5.75 Å². The Balaban J connectivity index is 0.00000289. The maximum absolute atomic E-state index is 13.4. The molecule has 1 atom stereocenters. The van der Waals surface area contributed by atoms with Crippen LogP contribution in [0.1, 0.15) is 24.9 Å². The van der Waals surface area contributed by atoms with Crippen LogP contribution in [0.2, 0.25) is 0 Å². The average Bonchev–Trinajstić information content (AvgIpc) is 2.29. The molecule has 1 rings (SSSR count). The average molecular weight is 277 g/mol. The summed E-state index contributed by atoms with van der Waals surface area (Å²) in [5, 5.41) is 2.74. The van der Waals surface area contributed by atoms with E-state index in [0.717, 1.165) is 0 Å². The fourth-order valence-corrected chi connectivity index (χ4v) is 1.48. The minimum absolute atomic E-state index is 0. The van der Waals surface area contributed by atoms with Gasteiger partial charge >= 0.3 is 0 Å². The Kier molecular flexibility index (Phi) is 7.31. The molecule has 0 aromatic heterocycles. The van der Waals surface area contributed by atoms with Crippen LogP contribution in [0.4, 0.5) is 4.39 Å². The molecule has 6 heteroatoms. The fraction of sp³-hybridized carbons (Fsp3) is 0.417. The molecule has 1 aromatic carbocycles. The first kappa shape index (κ1) is 16.7. The maximum atomic E-state index is 13.4. The van der Waals surface area contributed by atoms with E-state index in [2.05, 4.69) is 5.32 Å². The molecule has 1 unspecified atom stereocenters. The second kappa shape index (κ2) is 7.89. The van der Waals surface area contributed by atoms with Crippen LogP contribution in [0.15, 0.2) is 18.2 Å². The first-order valence-corrected chi connectivity index (χ1v) is 5.41. The van der Waals surface area contributed by atoms with Crippen LogP contribution in [0.5, 0.6) is 5.75 Å². The molecule has 102 valence electrons. The van der Waals surface area contributed by atoms with Gasteiger partial charge in [0, 0.05) is 13.0 Å². The SMILES string of the molecule is COc1ccc(C(C)NC(=O)CCN)cc1F.Cl. The summed E-state index contributed by atoms with van der Waals surface area (Å²) in [5.41, 5.74) is 5.96. The number of methoxy groups -OCH3 is 1. The smallest absolute Gasteiger partial charge is 0.221 e. The van der Waals surface area contributed by atoms with Crippen LogP contribution in [0.25, 0.3) is 0 Å². The molecule has 0 bridgehead atoms. The molecule has 0 aliphatic carbocycles. The Bertz CT molecular complexity index is 402. The van der Waals surface area contributed by atoms with E-state index in [4.69, 9.17) is 10.5 Å². The maximum Gasteiger partial charge on any atom is 0.221 e. The van der Waals surface area contributed by atoms with E-state index in [1.165, 1.54) is 19.2 Å². The van der Waals surface area contributed by atoms with Crippen molar-refractivity contribution in [3.63, 3.8) is 0 Å². The Morgan fingerprint density at radius 3 is 2.72 bits per heavy atom. The van der Waals surface area contributed by atoms with Crippen LogP contribution >= 0.6 is 12.4 Å². The van der Waals surface area contributed by atoms with E-state index in [-0.39, 0.29) is 36.5 Å². The molecule has 18 heavy (non-hydrogen) atoms. The van der Waals surface area contributed by atoms with E-state index >= 15 is 0 Å². The van der Waals surface area contributed by atoms with Gasteiger partial charge in [-0.15, -0.1) is 12.4 Å². The molecule has 0 heterocycles. The zero-order valence-corrected chi connectivity index (χ0v) is 11.2. The van der Waals surface area contributed by atoms with Crippen LogP contribution in [-0.2, 0) is 4.79 Å². The molecule has 1 aromatic rings. The van der Waals surface area contributed by atoms with Crippen LogP contribution < -0.4 is 15.8 Å². The Morgan fingerprint density at radius 1 is 1.56 bits per heavy atom. The summed E-state index contributed by atoms with van der Waals surface area (Å²) in [4.78, 5) is 11.3. The second-order valence-electron chi connectivity index (χ2n) is 3.72. The van der Waals surface area contributed by atoms with Gasteiger partial charge in [-0.25, -0.2) is 4.39 Å². The summed E-state index contributed by atoms with van der Waals surface area (Å²) in [6, 6.07) is 4.35. The van der Waals surface area contributed by atoms with Gasteiger partial charge < -0.3 is 15.8 Å². The summed E-state index contributed by atoms with van der Waals surface area (Å²) < 4.78 is 18.3. The lowest BCUT2D eigenvalue weighted by atomic mass is 10.1. The van der Waals surface area contributed by atoms with E-state index in [1.807, 2.05) is 0 Å². The molecule has 4 nitrogen and oxygen atoms in total. The quantitative estimate of drug-likeness (QED) is 0.862. The zero-order chi connectivity index (χ0) is 12.8. The van der Waals surface area contributed by atoms with Gasteiger partial charge in [0.15, 0.2) is 11.6 Å². The molecule has 1 amide bonds. The van der Waals surface area contributed by atoms with Gasteiger partial charge in [0.05, 0.1) is 13.2 Å². The Labute approximate surface area is 112 Å². The highest BCUT2D eigenvalue weighted by Crippen LogP contribution is 2.21. The fourth-order valence-electron chi connectivity index (χ4n) is 1.48. The highest BCUT2D eigenvalue weighted by atomic mass is 35.5. The van der Waals surface area contributed by atoms with Gasteiger partial charge in [-0.2, -0.15) is 0 Å². The number of rotatable bonds is 5. The standard InChI is InChI=1S/C12H17FN2O2.ClH/c1-8(15-12(16)5-6-14)9-3-4-11(17-2)10(13)7-9;/h3-4,7-8H,5-6,14H2,1-2H3,(H,15,16);1H. The molecule has 0 aliphatic rings. The van der Waals surface area contributed by atoms with Gasteiger partial charge in [-0.05, 0) is 24.6 Å². The number of ether oxygens (including phenoxy) is 1. The van der Waals surface area contributed by atoms with Crippen molar-refractivity contribution in [2.75, 3.05) is 13.7 Å². The zero-order valence-electron chi connectivity index (χ0n) is 10.4. The first-order chi connectivity index (χ1) is 8.08. The number of amides is 1. The number of benzene rings is 1. The summed E-state index contributed by atoms with van der Waals surface area (Å²) in [6.07, 6.45) is 0.267. The third-order valence-electron chi connectivity index (χ3n) is 2.42. The van der Waals surface area contributed by atoms with Crippen LogP contribution in [-0.4, -0.2) is 19.6 Å². The number of nitrogens with one attached hydrogen (secondary N) is 1. The Hall–Kier alpha value is -1.33. The number of hydrogen-bond donors (Lipinski definition) is 2. The second-order valence-corrected chi connectivity index (χ2v) is 3.72. The molecule has 0 aliphatic heterocycles. The van der Waals surface area contributed by atoms with E-state index < -0.39 is 5.82 Å². The third-order valence-corrected chi connectivity index (χ3v) is 2.42. The van der Waals surface area contributed by atoms with Crippen molar-refractivity contribution >= 4 is 18.3 Å². The summed E-state index contributed by atoms with van der Waals surface area (Å²) >= 11 is 0. The molecule has 0 saturated heterocycles. The highest BCUT2D eigenvalue weighted by Gasteiger charge is 2.11. The molecule has 0 saturated carbocycles. The van der Waals surface area contributed by atoms with Crippen molar-refractivity contribution in [1.29, 1.82) is 0 Å². The van der Waals surface area contributed by atoms with E-state index in [9.17, 15) is 9.18 Å². The lowest BCUT2D eigenvalue weighted by Crippen LogP contribution is -2.28. The predicted molar refractivity (Wildman–Crippen MR) is 70.4 cm³/mol. The van der Waals surface area contributed by atoms with E-state index in [1.54, 1.807) is 13.0 Å². The van der Waals surface area contributed by atoms with Crippen molar-refractivity contribution < 1.29 is 13.9 Å². The molecular weight excluding hydrogens is 259 g/mol. The lowest BCUT2D eigenvalue weighted by molar-refractivity contribution is -0.121. The minimum atomic E-state index is -0.440. The molecular formula is C12H18ClFN2O2. The topological polar surface area (TPSA) is 64.3 Å². The molecule has 0 radical (unpaired) electrons. The summed E-state index contributed by atoms with van der Waals surface area (Å²) in [5.74, 6) is -0.393. The molecule has 0 fully saturated rings. The van der Waals surface area contributed by atoms with Crippen LogP contribution in [0.3, 0.4) is 0 Å². The lowest BCUT2D eigenvalue weighted by Gasteiger charge is -2.14. The van der Waals surface area contributed by atoms with Gasteiger partial charge in [-0.3, -0.25) is 4.79 Å². The van der Waals surface area contributed by atoms with Gasteiger partial charge in [0.25, 0.3) is 0 Å². The molecule has 0 spiro atoms. The largest absolute Gasteiger partial charge is 0.494 e. The van der Waals surface area contributed by atoms with Crippen molar-refractivity contribution in [1.82, 2.24) is 5.32 Å². The number of hydrogen-bond acceptors (Lipinski definition) is 3. The van der Waals surface area contributed by atoms with Gasteiger partial charge in [-0.1, -0.05) is 6.07 Å². The van der Waals surface area contributed by atoms with Crippen molar-refractivity contribution in [2.45, 2.75) is 19.4 Å². The van der Waals surface area contributed by atoms with Gasteiger partial charge in [0.2, 0.25) is 5.91 Å². The minimum Gasteiger partial charge on any atom is -0.494 e. The normalized spacial score (nSPS) is 11.3. The van der Waals surface area contributed by atoms with Crippen molar-refractivity contribution in [2.24, 2.45) is 5.73 Å². The van der Waals surface area contributed by atoms with Crippen molar-refractivity contribution in [3.05, 3.63) is 29.6 Å². The number of halogens is 2. The monoisotopic (exact) mass is 276 g/mol.